The third kappa shape index (κ3) is 5.01. The maximum absolute atomic E-state index is 12.7. The number of rotatable bonds is 7. The van der Waals surface area contributed by atoms with Crippen LogP contribution < -0.4 is 9.46 Å². The summed E-state index contributed by atoms with van der Waals surface area (Å²) in [5, 5.41) is 0. The molecule has 1 amide bonds. The van der Waals surface area contributed by atoms with E-state index >= 15 is 0 Å². The Kier molecular flexibility index (Phi) is 6.63. The van der Waals surface area contributed by atoms with Gasteiger partial charge >= 0.3 is 5.97 Å². The van der Waals surface area contributed by atoms with Crippen LogP contribution in [0.5, 0.6) is 5.75 Å². The number of esters is 1. The lowest BCUT2D eigenvalue weighted by molar-refractivity contribution is -0.137. The standard InChI is InChI=1S/C19H22N2O6S/c1-13(18(22)21(2)3)27-19(23)14-8-7-9-15(12-14)28(24,25)20-16-10-5-6-11-17(16)26-4/h5-13,20H,1-4H3/t13-/m1/s1. The summed E-state index contributed by atoms with van der Waals surface area (Å²) in [6.45, 7) is 1.45. The summed E-state index contributed by atoms with van der Waals surface area (Å²) in [5.74, 6) is -0.815. The predicted molar refractivity (Wildman–Crippen MR) is 104 cm³/mol. The summed E-state index contributed by atoms with van der Waals surface area (Å²) in [6.07, 6.45) is -0.991. The third-order valence-electron chi connectivity index (χ3n) is 3.80. The maximum Gasteiger partial charge on any atom is 0.338 e. The Bertz CT molecular complexity index is 972. The molecule has 9 heteroatoms. The normalized spacial score (nSPS) is 12.0. The summed E-state index contributed by atoms with van der Waals surface area (Å²) < 4.78 is 38.1. The second kappa shape index (κ2) is 8.75. The molecular formula is C19H22N2O6S. The minimum Gasteiger partial charge on any atom is -0.495 e. The van der Waals surface area contributed by atoms with Gasteiger partial charge in [-0.25, -0.2) is 13.2 Å². The van der Waals surface area contributed by atoms with Gasteiger partial charge in [0.05, 0.1) is 23.3 Å². The molecule has 0 saturated heterocycles. The van der Waals surface area contributed by atoms with Crippen molar-refractivity contribution in [3.63, 3.8) is 0 Å². The van der Waals surface area contributed by atoms with Gasteiger partial charge in [-0.15, -0.1) is 0 Å². The highest BCUT2D eigenvalue weighted by molar-refractivity contribution is 7.92. The number of anilines is 1. The molecule has 2 aromatic carbocycles. The highest BCUT2D eigenvalue weighted by atomic mass is 32.2. The van der Waals surface area contributed by atoms with Crippen LogP contribution in [0.1, 0.15) is 17.3 Å². The number of carbonyl (C=O) groups is 2. The van der Waals surface area contributed by atoms with Crippen molar-refractivity contribution in [3.8, 4) is 5.75 Å². The van der Waals surface area contributed by atoms with Crippen LogP contribution in [0.15, 0.2) is 53.4 Å². The summed E-state index contributed by atoms with van der Waals surface area (Å²) in [5.41, 5.74) is 0.282. The minimum absolute atomic E-state index is 0.0151. The van der Waals surface area contributed by atoms with Gasteiger partial charge in [0.15, 0.2) is 6.10 Å². The molecule has 0 aliphatic heterocycles. The summed E-state index contributed by atoms with van der Waals surface area (Å²) >= 11 is 0. The van der Waals surface area contributed by atoms with Crippen LogP contribution in [0.25, 0.3) is 0 Å². The van der Waals surface area contributed by atoms with Crippen LogP contribution in [-0.2, 0) is 19.6 Å². The average Bonchev–Trinajstić information content (AvgIpc) is 2.67. The molecule has 1 N–H and O–H groups in total. The topological polar surface area (TPSA) is 102 Å². The number of methoxy groups -OCH3 is 1. The van der Waals surface area contributed by atoms with Crippen LogP contribution in [0, 0.1) is 0 Å². The average molecular weight is 406 g/mol. The van der Waals surface area contributed by atoms with E-state index in [4.69, 9.17) is 9.47 Å². The molecule has 0 aliphatic carbocycles. The van der Waals surface area contributed by atoms with Crippen molar-refractivity contribution in [1.82, 2.24) is 4.90 Å². The van der Waals surface area contributed by atoms with Crippen molar-refractivity contribution in [1.29, 1.82) is 0 Å². The Hall–Kier alpha value is -3.07. The third-order valence-corrected chi connectivity index (χ3v) is 5.17. The molecule has 8 nitrogen and oxygen atoms in total. The van der Waals surface area contributed by atoms with E-state index in [-0.39, 0.29) is 22.1 Å². The Labute approximate surface area is 164 Å². The van der Waals surface area contributed by atoms with Gasteiger partial charge in [-0.05, 0) is 37.3 Å². The number of ether oxygens (including phenoxy) is 2. The molecule has 0 aliphatic rings. The van der Waals surface area contributed by atoms with Crippen molar-refractivity contribution in [2.45, 2.75) is 17.9 Å². The van der Waals surface area contributed by atoms with Crippen molar-refractivity contribution in [3.05, 3.63) is 54.1 Å². The molecule has 2 aromatic rings. The molecule has 1 atom stereocenters. The van der Waals surface area contributed by atoms with Gasteiger partial charge in [0.25, 0.3) is 15.9 Å². The molecule has 0 heterocycles. The quantitative estimate of drug-likeness (QED) is 0.707. The fraction of sp³-hybridized carbons (Fsp3) is 0.263. The molecule has 0 spiro atoms. The molecule has 0 saturated carbocycles. The van der Waals surface area contributed by atoms with E-state index in [0.717, 1.165) is 0 Å². The smallest absolute Gasteiger partial charge is 0.338 e. The SMILES string of the molecule is COc1ccccc1NS(=O)(=O)c1cccc(C(=O)O[C@H](C)C(=O)N(C)C)c1. The number of hydrogen-bond acceptors (Lipinski definition) is 6. The van der Waals surface area contributed by atoms with Gasteiger partial charge in [-0.3, -0.25) is 9.52 Å². The summed E-state index contributed by atoms with van der Waals surface area (Å²) in [6, 6.07) is 11.9. The van der Waals surface area contributed by atoms with Gasteiger partial charge in [-0.1, -0.05) is 18.2 Å². The van der Waals surface area contributed by atoms with E-state index in [9.17, 15) is 18.0 Å². The second-order valence-corrected chi connectivity index (χ2v) is 7.80. The van der Waals surface area contributed by atoms with Gasteiger partial charge in [0.1, 0.15) is 5.75 Å². The second-order valence-electron chi connectivity index (χ2n) is 6.11. The number of carbonyl (C=O) groups excluding carboxylic acids is 2. The fourth-order valence-corrected chi connectivity index (χ4v) is 3.48. The Morgan fingerprint density at radius 3 is 2.39 bits per heavy atom. The Morgan fingerprint density at radius 1 is 1.07 bits per heavy atom. The van der Waals surface area contributed by atoms with Crippen molar-refractivity contribution in [2.24, 2.45) is 0 Å². The van der Waals surface area contributed by atoms with Crippen LogP contribution in [0.4, 0.5) is 5.69 Å². The van der Waals surface area contributed by atoms with Gasteiger partial charge < -0.3 is 14.4 Å². The van der Waals surface area contributed by atoms with Crippen molar-refractivity contribution in [2.75, 3.05) is 25.9 Å². The van der Waals surface area contributed by atoms with E-state index in [0.29, 0.717) is 5.75 Å². The van der Waals surface area contributed by atoms with E-state index in [2.05, 4.69) is 4.72 Å². The Balaban J connectivity index is 2.24. The minimum atomic E-state index is -3.97. The van der Waals surface area contributed by atoms with Crippen LogP contribution in [0.3, 0.4) is 0 Å². The van der Waals surface area contributed by atoms with Gasteiger partial charge in [-0.2, -0.15) is 0 Å². The number of sulfonamides is 1. The van der Waals surface area contributed by atoms with E-state index in [1.54, 1.807) is 38.4 Å². The zero-order valence-corrected chi connectivity index (χ0v) is 16.8. The number of nitrogens with one attached hydrogen (secondary N) is 1. The number of para-hydroxylation sites is 2. The molecule has 0 aromatic heterocycles. The molecule has 0 radical (unpaired) electrons. The van der Waals surface area contributed by atoms with Crippen LogP contribution >= 0.6 is 0 Å². The van der Waals surface area contributed by atoms with E-state index < -0.39 is 22.1 Å². The first kappa shape index (κ1) is 21.2. The monoisotopic (exact) mass is 406 g/mol. The van der Waals surface area contributed by atoms with Gasteiger partial charge in [0, 0.05) is 14.1 Å². The summed E-state index contributed by atoms with van der Waals surface area (Å²) in [7, 11) is 0.547. The van der Waals surface area contributed by atoms with Crippen molar-refractivity contribution >= 4 is 27.6 Å². The number of hydrogen-bond donors (Lipinski definition) is 1. The Morgan fingerprint density at radius 2 is 1.75 bits per heavy atom. The molecule has 0 fully saturated rings. The largest absolute Gasteiger partial charge is 0.495 e. The predicted octanol–water partition coefficient (Wildman–Crippen LogP) is 2.13. The lowest BCUT2D eigenvalue weighted by atomic mass is 10.2. The first-order valence-electron chi connectivity index (χ1n) is 8.33. The molecule has 0 unspecified atom stereocenters. The number of likely N-dealkylation sites (N-methyl/N-ethyl adjacent to an activating group) is 1. The molecular weight excluding hydrogens is 384 g/mol. The van der Waals surface area contributed by atoms with Crippen LogP contribution in [-0.4, -0.2) is 52.5 Å². The van der Waals surface area contributed by atoms with E-state index in [1.165, 1.54) is 43.2 Å². The van der Waals surface area contributed by atoms with Crippen molar-refractivity contribution < 1.29 is 27.5 Å². The molecule has 2 rings (SSSR count). The number of nitrogens with zero attached hydrogens (tertiary/aromatic N) is 1. The zero-order valence-electron chi connectivity index (χ0n) is 16.0. The lowest BCUT2D eigenvalue weighted by Crippen LogP contribution is -2.34. The highest BCUT2D eigenvalue weighted by Gasteiger charge is 2.22. The first-order chi connectivity index (χ1) is 13.2. The molecule has 0 bridgehead atoms. The van der Waals surface area contributed by atoms with Gasteiger partial charge in [0.2, 0.25) is 0 Å². The number of amides is 1. The maximum atomic E-state index is 12.7. The summed E-state index contributed by atoms with van der Waals surface area (Å²) in [4.78, 5) is 25.3. The lowest BCUT2D eigenvalue weighted by Gasteiger charge is -2.17. The number of benzene rings is 2. The first-order valence-corrected chi connectivity index (χ1v) is 9.82. The van der Waals surface area contributed by atoms with Crippen LogP contribution in [0.2, 0.25) is 0 Å². The molecule has 150 valence electrons. The van der Waals surface area contributed by atoms with E-state index in [1.807, 2.05) is 0 Å². The highest BCUT2D eigenvalue weighted by Crippen LogP contribution is 2.26. The fourth-order valence-electron chi connectivity index (χ4n) is 2.37. The molecule has 28 heavy (non-hydrogen) atoms. The zero-order chi connectivity index (χ0) is 20.9.